The van der Waals surface area contributed by atoms with Crippen LogP contribution in [0, 0.1) is 0 Å². The van der Waals surface area contributed by atoms with Gasteiger partial charge in [0, 0.05) is 19.4 Å². The van der Waals surface area contributed by atoms with Crippen molar-refractivity contribution in [1.82, 2.24) is 5.32 Å². The molecule has 0 saturated carbocycles. The molecule has 5 nitrogen and oxygen atoms in total. The fourth-order valence-electron chi connectivity index (χ4n) is 2.11. The highest BCUT2D eigenvalue weighted by Crippen LogP contribution is 2.10. The Balaban J connectivity index is 3.68. The predicted molar refractivity (Wildman–Crippen MR) is 78.1 cm³/mol. The molecule has 0 aliphatic rings. The Morgan fingerprint density at radius 1 is 1.24 bits per heavy atom. The molecule has 0 aromatic heterocycles. The molecule has 1 N–H and O–H groups in total. The van der Waals surface area contributed by atoms with E-state index >= 15 is 0 Å². The van der Waals surface area contributed by atoms with Crippen LogP contribution in [0.15, 0.2) is 0 Å². The maximum Gasteiger partial charge on any atom is 0.220 e. The number of hydrogen-bond donors (Lipinski definition) is 1. The number of carboxylic acid groups (broad SMARTS) is 1. The highest BCUT2D eigenvalue weighted by atomic mass is 19.1. The molecule has 0 aliphatic carbocycles. The van der Waals surface area contributed by atoms with Gasteiger partial charge in [0.15, 0.2) is 0 Å². The van der Waals surface area contributed by atoms with Crippen LogP contribution in [0.2, 0.25) is 0 Å². The zero-order valence-electron chi connectivity index (χ0n) is 13.5. The molecule has 0 aliphatic heterocycles. The lowest BCUT2D eigenvalue weighted by atomic mass is 10.1. The molecule has 0 fully saturated rings. The predicted octanol–water partition coefficient (Wildman–Crippen LogP) is 0.628. The first-order valence-corrected chi connectivity index (χ1v) is 7.69. The monoisotopic (exact) mass is 304 g/mol. The summed E-state index contributed by atoms with van der Waals surface area (Å²) in [6, 6.07) is 0. The topological polar surface area (TPSA) is 69.2 Å². The van der Waals surface area contributed by atoms with Crippen molar-refractivity contribution in [2.75, 3.05) is 33.7 Å². The lowest BCUT2D eigenvalue weighted by Crippen LogP contribution is -2.49. The molecule has 0 rings (SSSR count). The van der Waals surface area contributed by atoms with Gasteiger partial charge in [-0.1, -0.05) is 19.8 Å². The molecule has 6 heteroatoms. The van der Waals surface area contributed by atoms with E-state index in [9.17, 15) is 19.1 Å². The zero-order valence-corrected chi connectivity index (χ0v) is 13.5. The second-order valence-electron chi connectivity index (χ2n) is 6.17. The van der Waals surface area contributed by atoms with Gasteiger partial charge in [0.1, 0.15) is 12.7 Å². The third-order valence-corrected chi connectivity index (χ3v) is 3.38. The Kier molecular flexibility index (Phi) is 9.95. The van der Waals surface area contributed by atoms with Crippen LogP contribution in [0.3, 0.4) is 0 Å². The van der Waals surface area contributed by atoms with E-state index in [4.69, 9.17) is 0 Å². The number of unbranched alkanes of at least 4 members (excludes halogenated alkanes) is 1. The maximum absolute atomic E-state index is 13.4. The van der Waals surface area contributed by atoms with Gasteiger partial charge in [-0.25, -0.2) is 4.39 Å². The SMILES string of the molecule is CCCCC(F)CCC(=O)NCCC[N+](C)(C)CC(=O)[O-]. The molecule has 21 heavy (non-hydrogen) atoms. The van der Waals surface area contributed by atoms with E-state index in [1.165, 1.54) is 0 Å². The maximum atomic E-state index is 13.4. The zero-order chi connectivity index (χ0) is 16.3. The Bertz CT molecular complexity index is 322. The number of amides is 1. The van der Waals surface area contributed by atoms with Crippen molar-refractivity contribution in [1.29, 1.82) is 0 Å². The van der Waals surface area contributed by atoms with E-state index in [0.717, 1.165) is 12.8 Å². The van der Waals surface area contributed by atoms with Gasteiger partial charge in [-0.2, -0.15) is 0 Å². The minimum atomic E-state index is -1.08. The second kappa shape index (κ2) is 10.5. The molecule has 124 valence electrons. The van der Waals surface area contributed by atoms with E-state index < -0.39 is 12.1 Å². The molecule has 0 heterocycles. The molecule has 0 bridgehead atoms. The summed E-state index contributed by atoms with van der Waals surface area (Å²) in [6.07, 6.45) is 2.62. The third-order valence-electron chi connectivity index (χ3n) is 3.38. The van der Waals surface area contributed by atoms with Crippen LogP contribution in [-0.2, 0) is 9.59 Å². The third kappa shape index (κ3) is 12.3. The molecular weight excluding hydrogens is 275 g/mol. The lowest BCUT2D eigenvalue weighted by molar-refractivity contribution is -0.884. The van der Waals surface area contributed by atoms with E-state index in [1.807, 2.05) is 6.92 Å². The second-order valence-corrected chi connectivity index (χ2v) is 6.17. The van der Waals surface area contributed by atoms with Gasteiger partial charge in [0.25, 0.3) is 0 Å². The smallest absolute Gasteiger partial charge is 0.220 e. The first kappa shape index (κ1) is 19.8. The minimum Gasteiger partial charge on any atom is -0.544 e. The van der Waals surface area contributed by atoms with Crippen LogP contribution in [0.4, 0.5) is 4.39 Å². The van der Waals surface area contributed by atoms with E-state index in [0.29, 0.717) is 30.4 Å². The molecule has 1 atom stereocenters. The Labute approximate surface area is 127 Å². The van der Waals surface area contributed by atoms with Gasteiger partial charge in [-0.15, -0.1) is 0 Å². The summed E-state index contributed by atoms with van der Waals surface area (Å²) in [7, 11) is 3.61. The van der Waals surface area contributed by atoms with Crippen molar-refractivity contribution >= 4 is 11.9 Å². The van der Waals surface area contributed by atoms with E-state index in [2.05, 4.69) is 5.32 Å². The fourth-order valence-corrected chi connectivity index (χ4v) is 2.11. The highest BCUT2D eigenvalue weighted by molar-refractivity contribution is 5.75. The molecule has 0 spiro atoms. The Morgan fingerprint density at radius 3 is 2.48 bits per heavy atom. The molecular formula is C15H29FN2O3. The lowest BCUT2D eigenvalue weighted by Gasteiger charge is -2.30. The van der Waals surface area contributed by atoms with Crippen molar-refractivity contribution in [3.8, 4) is 0 Å². The Morgan fingerprint density at radius 2 is 1.90 bits per heavy atom. The van der Waals surface area contributed by atoms with Gasteiger partial charge in [-0.3, -0.25) is 4.79 Å². The van der Waals surface area contributed by atoms with Crippen molar-refractivity contribution in [2.24, 2.45) is 0 Å². The van der Waals surface area contributed by atoms with Crippen LogP contribution < -0.4 is 10.4 Å². The number of nitrogens with one attached hydrogen (secondary N) is 1. The summed E-state index contributed by atoms with van der Waals surface area (Å²) in [5.41, 5.74) is 0. The number of aliphatic carboxylic acids is 1. The summed E-state index contributed by atoms with van der Waals surface area (Å²) in [5, 5.41) is 13.3. The summed E-state index contributed by atoms with van der Waals surface area (Å²) in [5.74, 6) is -1.22. The fraction of sp³-hybridized carbons (Fsp3) is 0.867. The summed E-state index contributed by atoms with van der Waals surface area (Å²) >= 11 is 0. The summed E-state index contributed by atoms with van der Waals surface area (Å²) in [4.78, 5) is 22.1. The number of halogens is 1. The average molecular weight is 304 g/mol. The van der Waals surface area contributed by atoms with Gasteiger partial charge in [0.2, 0.25) is 5.91 Å². The molecule has 0 radical (unpaired) electrons. The van der Waals surface area contributed by atoms with Crippen molar-refractivity contribution in [3.05, 3.63) is 0 Å². The van der Waals surface area contributed by atoms with Crippen molar-refractivity contribution in [3.63, 3.8) is 0 Å². The number of carbonyl (C=O) groups excluding carboxylic acids is 2. The molecule has 0 saturated heterocycles. The van der Waals surface area contributed by atoms with E-state index in [1.54, 1.807) is 14.1 Å². The number of nitrogens with zero attached hydrogens (tertiary/aromatic N) is 1. The van der Waals surface area contributed by atoms with Gasteiger partial charge in [0.05, 0.1) is 26.6 Å². The van der Waals surface area contributed by atoms with Crippen molar-refractivity contribution < 1.29 is 23.6 Å². The van der Waals surface area contributed by atoms with Gasteiger partial charge < -0.3 is 19.7 Å². The van der Waals surface area contributed by atoms with Crippen LogP contribution in [0.1, 0.15) is 45.4 Å². The number of alkyl halides is 1. The van der Waals surface area contributed by atoms with Crippen LogP contribution in [0.25, 0.3) is 0 Å². The number of carbonyl (C=O) groups is 2. The number of likely N-dealkylation sites (N-methyl/N-ethyl adjacent to an activating group) is 1. The van der Waals surface area contributed by atoms with Crippen LogP contribution in [0.5, 0.6) is 0 Å². The first-order chi connectivity index (χ1) is 9.76. The first-order valence-electron chi connectivity index (χ1n) is 7.69. The Hall–Kier alpha value is -1.17. The molecule has 1 amide bonds. The van der Waals surface area contributed by atoms with Gasteiger partial charge in [-0.05, 0) is 12.8 Å². The molecule has 1 unspecified atom stereocenters. The summed E-state index contributed by atoms with van der Waals surface area (Å²) in [6.45, 7) is 3.09. The number of hydrogen-bond acceptors (Lipinski definition) is 3. The van der Waals surface area contributed by atoms with E-state index in [-0.39, 0.29) is 25.3 Å². The highest BCUT2D eigenvalue weighted by Gasteiger charge is 2.15. The van der Waals surface area contributed by atoms with Gasteiger partial charge >= 0.3 is 0 Å². The minimum absolute atomic E-state index is 0.0467. The normalized spacial score (nSPS) is 13.0. The molecule has 0 aromatic rings. The number of carboxylic acids is 1. The van der Waals surface area contributed by atoms with Crippen LogP contribution >= 0.6 is 0 Å². The number of rotatable bonds is 12. The summed E-state index contributed by atoms with van der Waals surface area (Å²) < 4.78 is 13.7. The van der Waals surface area contributed by atoms with Crippen LogP contribution in [-0.4, -0.2) is 56.3 Å². The number of quaternary nitrogens is 1. The average Bonchev–Trinajstić information content (AvgIpc) is 2.37. The van der Waals surface area contributed by atoms with Crippen molar-refractivity contribution in [2.45, 2.75) is 51.6 Å². The standard InChI is InChI=1S/C15H29FN2O3/c1-4-5-7-13(16)8-9-14(19)17-10-6-11-18(2,3)12-15(20)21/h13H,4-12H2,1-3H3,(H-,17,19,20,21). The molecule has 0 aromatic carbocycles. The largest absolute Gasteiger partial charge is 0.544 e. The quantitative estimate of drug-likeness (QED) is 0.425.